The maximum Gasteiger partial charge on any atom is 0.471 e. The zero-order chi connectivity index (χ0) is 21.4. The number of alkyl halides is 6. The molecule has 3 rings (SSSR count). The molecule has 0 bridgehead atoms. The molecule has 0 saturated carbocycles. The first kappa shape index (κ1) is 21.4. The second-order valence-corrected chi connectivity index (χ2v) is 7.73. The molecule has 1 aliphatic carbocycles. The average molecular weight is 435 g/mol. The Bertz CT molecular complexity index is 945. The molecule has 1 amide bonds. The van der Waals surface area contributed by atoms with Crippen molar-refractivity contribution in [1.29, 1.82) is 0 Å². The van der Waals surface area contributed by atoms with E-state index in [0.29, 0.717) is 35.8 Å². The molecule has 0 radical (unpaired) electrons. The normalized spacial score (nSPS) is 14.8. The Kier molecular flexibility index (Phi) is 5.75. The summed E-state index contributed by atoms with van der Waals surface area (Å²) in [6.07, 6.45) is -6.55. The minimum Gasteiger partial charge on any atom is -0.309 e. The number of ketones is 1. The molecule has 0 fully saturated rings. The van der Waals surface area contributed by atoms with Gasteiger partial charge in [0.25, 0.3) is 0 Å². The monoisotopic (exact) mass is 435 g/mol. The average Bonchev–Trinajstić information content (AvgIpc) is 2.80. The zero-order valence-electron chi connectivity index (χ0n) is 14.8. The SMILES string of the molecule is O=C(c1cccc(C(F)(F)F)c1)c1c(NC(=O)C(F)(F)F)sc2c1CCCCC2. The summed E-state index contributed by atoms with van der Waals surface area (Å²) >= 11 is 0.877. The van der Waals surface area contributed by atoms with Gasteiger partial charge in [-0.15, -0.1) is 11.3 Å². The Morgan fingerprint density at radius 2 is 1.66 bits per heavy atom. The lowest BCUT2D eigenvalue weighted by molar-refractivity contribution is -0.167. The van der Waals surface area contributed by atoms with Gasteiger partial charge >= 0.3 is 18.3 Å². The van der Waals surface area contributed by atoms with Crippen molar-refractivity contribution in [2.75, 3.05) is 5.32 Å². The van der Waals surface area contributed by atoms with Crippen LogP contribution in [-0.4, -0.2) is 17.9 Å². The fourth-order valence-electron chi connectivity index (χ4n) is 3.23. The van der Waals surface area contributed by atoms with Crippen LogP contribution in [0, 0.1) is 0 Å². The van der Waals surface area contributed by atoms with Crippen LogP contribution >= 0.6 is 11.3 Å². The molecule has 1 aromatic heterocycles. The van der Waals surface area contributed by atoms with Gasteiger partial charge < -0.3 is 5.32 Å². The van der Waals surface area contributed by atoms with Crippen molar-refractivity contribution in [3.8, 4) is 0 Å². The van der Waals surface area contributed by atoms with Gasteiger partial charge in [-0.25, -0.2) is 0 Å². The molecule has 0 spiro atoms. The first-order chi connectivity index (χ1) is 13.5. The van der Waals surface area contributed by atoms with E-state index in [1.807, 2.05) is 0 Å². The quantitative estimate of drug-likeness (QED) is 0.378. The number of carbonyl (C=O) groups is 2. The predicted octanol–water partition coefficient (Wildman–Crippen LogP) is 5.77. The number of thiophene rings is 1. The van der Waals surface area contributed by atoms with Crippen molar-refractivity contribution in [2.45, 2.75) is 44.5 Å². The highest BCUT2D eigenvalue weighted by Gasteiger charge is 2.40. The Morgan fingerprint density at radius 3 is 2.31 bits per heavy atom. The molecule has 0 atom stereocenters. The van der Waals surface area contributed by atoms with Crippen molar-refractivity contribution in [3.05, 3.63) is 51.4 Å². The number of rotatable bonds is 3. The third-order valence-electron chi connectivity index (χ3n) is 4.58. The van der Waals surface area contributed by atoms with Gasteiger partial charge in [-0.2, -0.15) is 26.3 Å². The third-order valence-corrected chi connectivity index (χ3v) is 5.79. The van der Waals surface area contributed by atoms with Crippen LogP contribution in [0.3, 0.4) is 0 Å². The van der Waals surface area contributed by atoms with E-state index in [-0.39, 0.29) is 16.1 Å². The lowest BCUT2D eigenvalue weighted by atomic mass is 9.96. The number of fused-ring (bicyclic) bond motifs is 1. The molecule has 2 aromatic rings. The van der Waals surface area contributed by atoms with E-state index >= 15 is 0 Å². The largest absolute Gasteiger partial charge is 0.471 e. The summed E-state index contributed by atoms with van der Waals surface area (Å²) in [5.74, 6) is -3.07. The number of anilines is 1. The molecule has 0 unspecified atom stereocenters. The molecular weight excluding hydrogens is 420 g/mol. The van der Waals surface area contributed by atoms with Crippen LogP contribution in [0.15, 0.2) is 24.3 Å². The molecule has 1 aliphatic rings. The minimum atomic E-state index is -5.15. The highest BCUT2D eigenvalue weighted by atomic mass is 32.1. The molecule has 0 saturated heterocycles. The van der Waals surface area contributed by atoms with Gasteiger partial charge in [-0.3, -0.25) is 9.59 Å². The highest BCUT2D eigenvalue weighted by Crippen LogP contribution is 2.40. The number of amides is 1. The van der Waals surface area contributed by atoms with Crippen molar-refractivity contribution in [1.82, 2.24) is 0 Å². The summed E-state index contributed by atoms with van der Waals surface area (Å²) in [5, 5.41) is 1.46. The summed E-state index contributed by atoms with van der Waals surface area (Å²) in [5.41, 5.74) is -0.978. The van der Waals surface area contributed by atoms with Gasteiger partial charge in [0.15, 0.2) is 5.78 Å². The second kappa shape index (κ2) is 7.81. The van der Waals surface area contributed by atoms with Crippen LogP contribution in [0.2, 0.25) is 0 Å². The lowest BCUT2D eigenvalue weighted by Crippen LogP contribution is -2.30. The van der Waals surface area contributed by atoms with E-state index in [2.05, 4.69) is 0 Å². The summed E-state index contributed by atoms with van der Waals surface area (Å²) in [6, 6.07) is 3.71. The topological polar surface area (TPSA) is 46.2 Å². The molecular formula is C19H15F6NO2S. The van der Waals surface area contributed by atoms with Crippen LogP contribution in [0.4, 0.5) is 31.3 Å². The van der Waals surface area contributed by atoms with Crippen LogP contribution in [0.25, 0.3) is 0 Å². The third kappa shape index (κ3) is 4.63. The first-order valence-corrected chi connectivity index (χ1v) is 9.55. The Labute approximate surface area is 165 Å². The van der Waals surface area contributed by atoms with Gasteiger partial charge in [0.2, 0.25) is 0 Å². The van der Waals surface area contributed by atoms with Gasteiger partial charge in [-0.1, -0.05) is 18.6 Å². The van der Waals surface area contributed by atoms with Gasteiger partial charge in [-0.05, 0) is 43.4 Å². The van der Waals surface area contributed by atoms with E-state index in [0.717, 1.165) is 36.3 Å². The van der Waals surface area contributed by atoms with E-state index < -0.39 is 29.6 Å². The first-order valence-electron chi connectivity index (χ1n) is 8.73. The number of benzene rings is 1. The van der Waals surface area contributed by atoms with Crippen molar-refractivity contribution < 1.29 is 35.9 Å². The number of aryl methyl sites for hydroxylation is 1. The Morgan fingerprint density at radius 1 is 0.966 bits per heavy atom. The van der Waals surface area contributed by atoms with Gasteiger partial charge in [0.05, 0.1) is 11.1 Å². The molecule has 3 nitrogen and oxygen atoms in total. The molecule has 1 N–H and O–H groups in total. The molecule has 29 heavy (non-hydrogen) atoms. The fraction of sp³-hybridized carbons (Fsp3) is 0.368. The Hall–Kier alpha value is -2.36. The number of carbonyl (C=O) groups excluding carboxylic acids is 2. The summed E-state index contributed by atoms with van der Waals surface area (Å²) in [4.78, 5) is 25.1. The number of nitrogens with one attached hydrogen (secondary N) is 1. The standard InChI is InChI=1S/C19H15F6NO2S/c20-18(21,22)11-6-4-5-10(9-11)15(27)14-12-7-2-1-3-8-13(12)29-16(14)26-17(28)19(23,24)25/h4-6,9H,1-3,7-8H2,(H,26,28). The lowest BCUT2D eigenvalue weighted by Gasteiger charge is -2.11. The number of hydrogen-bond acceptors (Lipinski definition) is 3. The summed E-state index contributed by atoms with van der Waals surface area (Å²) in [7, 11) is 0. The Balaban J connectivity index is 2.08. The summed E-state index contributed by atoms with van der Waals surface area (Å²) < 4.78 is 77.1. The maximum absolute atomic E-state index is 13.0. The van der Waals surface area contributed by atoms with Crippen molar-refractivity contribution >= 4 is 28.0 Å². The van der Waals surface area contributed by atoms with E-state index in [1.54, 1.807) is 5.32 Å². The molecule has 1 aromatic carbocycles. The molecule has 156 valence electrons. The van der Waals surface area contributed by atoms with Gasteiger partial charge in [0, 0.05) is 10.4 Å². The van der Waals surface area contributed by atoms with Crippen LogP contribution < -0.4 is 5.32 Å². The van der Waals surface area contributed by atoms with Crippen molar-refractivity contribution in [2.24, 2.45) is 0 Å². The minimum absolute atomic E-state index is 0.149. The van der Waals surface area contributed by atoms with E-state index in [1.165, 1.54) is 6.07 Å². The fourth-order valence-corrected chi connectivity index (χ4v) is 4.51. The van der Waals surface area contributed by atoms with Crippen molar-refractivity contribution in [3.63, 3.8) is 0 Å². The van der Waals surface area contributed by atoms with Crippen LogP contribution in [-0.2, 0) is 23.8 Å². The number of halogens is 6. The molecule has 10 heteroatoms. The molecule has 0 aliphatic heterocycles. The van der Waals surface area contributed by atoms with E-state index in [4.69, 9.17) is 0 Å². The highest BCUT2D eigenvalue weighted by molar-refractivity contribution is 7.17. The van der Waals surface area contributed by atoms with E-state index in [9.17, 15) is 35.9 Å². The van der Waals surface area contributed by atoms with Crippen LogP contribution in [0.1, 0.15) is 51.2 Å². The predicted molar refractivity (Wildman–Crippen MR) is 95.1 cm³/mol. The summed E-state index contributed by atoms with van der Waals surface area (Å²) in [6.45, 7) is 0. The zero-order valence-corrected chi connectivity index (χ0v) is 15.7. The molecule has 1 heterocycles. The number of hydrogen-bond donors (Lipinski definition) is 1. The smallest absolute Gasteiger partial charge is 0.309 e. The van der Waals surface area contributed by atoms with Crippen LogP contribution in [0.5, 0.6) is 0 Å². The maximum atomic E-state index is 13.0. The van der Waals surface area contributed by atoms with Gasteiger partial charge in [0.1, 0.15) is 5.00 Å². The second-order valence-electron chi connectivity index (χ2n) is 6.63.